The summed E-state index contributed by atoms with van der Waals surface area (Å²) in [5.41, 5.74) is 0. The van der Waals surface area contributed by atoms with Crippen molar-refractivity contribution in [3.8, 4) is 6.07 Å². The van der Waals surface area contributed by atoms with E-state index >= 15 is 0 Å². The van der Waals surface area contributed by atoms with Crippen LogP contribution in [-0.2, 0) is 4.79 Å². The van der Waals surface area contributed by atoms with Crippen LogP contribution in [0.2, 0.25) is 0 Å². The molecule has 1 rings (SSSR count). The summed E-state index contributed by atoms with van der Waals surface area (Å²) < 4.78 is 0. The third kappa shape index (κ3) is 3.75. The molecule has 0 amide bonds. The number of likely N-dealkylation sites (tertiary alicyclic amines) is 1. The largest absolute Gasteiger partial charge is 0.481 e. The molecule has 0 bridgehead atoms. The number of unbranched alkanes of at least 4 members (excludes halogenated alkanes) is 2. The average molecular weight is 196 g/mol. The lowest BCUT2D eigenvalue weighted by molar-refractivity contribution is -0.139. The number of nitrogens with zero attached hydrogens (tertiary/aromatic N) is 2. The smallest absolute Gasteiger partial charge is 0.303 e. The van der Waals surface area contributed by atoms with Crippen molar-refractivity contribution in [1.29, 1.82) is 5.26 Å². The minimum Gasteiger partial charge on any atom is -0.481 e. The summed E-state index contributed by atoms with van der Waals surface area (Å²) in [5, 5.41) is 16.8. The third-order valence-corrected chi connectivity index (χ3v) is 2.51. The molecular formula is C10H16N2O2. The third-order valence-electron chi connectivity index (χ3n) is 2.51. The zero-order valence-electron chi connectivity index (χ0n) is 8.28. The van der Waals surface area contributed by atoms with Gasteiger partial charge >= 0.3 is 5.97 Å². The molecule has 0 aromatic rings. The van der Waals surface area contributed by atoms with E-state index in [1.807, 2.05) is 0 Å². The second-order valence-corrected chi connectivity index (χ2v) is 3.84. The number of rotatable bonds is 6. The van der Waals surface area contributed by atoms with Gasteiger partial charge in [-0.25, -0.2) is 0 Å². The van der Waals surface area contributed by atoms with E-state index in [9.17, 15) is 4.79 Å². The molecule has 0 spiro atoms. The molecule has 0 atom stereocenters. The van der Waals surface area contributed by atoms with Gasteiger partial charge in [0.15, 0.2) is 0 Å². The first-order valence-electron chi connectivity index (χ1n) is 5.03. The molecule has 1 saturated heterocycles. The first-order valence-corrected chi connectivity index (χ1v) is 5.03. The Labute approximate surface area is 84.1 Å². The van der Waals surface area contributed by atoms with Crippen LogP contribution in [-0.4, -0.2) is 35.6 Å². The van der Waals surface area contributed by atoms with Gasteiger partial charge in [-0.05, 0) is 25.3 Å². The summed E-state index contributed by atoms with van der Waals surface area (Å²) in [7, 11) is 0. The van der Waals surface area contributed by atoms with E-state index < -0.39 is 5.97 Å². The molecule has 0 saturated carbocycles. The average Bonchev–Trinajstić information content (AvgIpc) is 2.06. The number of aliphatic carboxylic acids is 1. The molecule has 0 aromatic carbocycles. The Bertz CT molecular complexity index is 229. The fraction of sp³-hybridized carbons (Fsp3) is 0.800. The zero-order chi connectivity index (χ0) is 10.4. The van der Waals surface area contributed by atoms with Gasteiger partial charge in [0.2, 0.25) is 0 Å². The lowest BCUT2D eigenvalue weighted by Gasteiger charge is -2.38. The first-order chi connectivity index (χ1) is 6.72. The van der Waals surface area contributed by atoms with Crippen molar-refractivity contribution in [1.82, 2.24) is 4.90 Å². The molecule has 0 aliphatic carbocycles. The Hall–Kier alpha value is -1.08. The summed E-state index contributed by atoms with van der Waals surface area (Å²) in [6.07, 6.45) is 2.94. The Morgan fingerprint density at radius 2 is 2.21 bits per heavy atom. The van der Waals surface area contributed by atoms with Crippen LogP contribution >= 0.6 is 0 Å². The topological polar surface area (TPSA) is 64.3 Å². The van der Waals surface area contributed by atoms with Gasteiger partial charge in [0.1, 0.15) is 0 Å². The summed E-state index contributed by atoms with van der Waals surface area (Å²) in [6, 6.07) is 2.12. The van der Waals surface area contributed by atoms with Gasteiger partial charge in [-0.1, -0.05) is 0 Å². The molecule has 1 fully saturated rings. The normalized spacial score (nSPS) is 17.4. The second kappa shape index (κ2) is 5.61. The van der Waals surface area contributed by atoms with E-state index in [-0.39, 0.29) is 0 Å². The van der Waals surface area contributed by atoms with Crippen molar-refractivity contribution >= 4 is 5.97 Å². The van der Waals surface area contributed by atoms with Crippen LogP contribution in [0.1, 0.15) is 25.7 Å². The number of nitriles is 1. The minimum atomic E-state index is -0.695. The maximum absolute atomic E-state index is 10.4. The fourth-order valence-electron chi connectivity index (χ4n) is 1.77. The Morgan fingerprint density at radius 3 is 2.79 bits per heavy atom. The molecule has 0 aromatic heterocycles. The molecule has 4 heteroatoms. The number of carbonyl (C=O) groups is 1. The van der Waals surface area contributed by atoms with Crippen LogP contribution in [0.5, 0.6) is 0 Å². The highest BCUT2D eigenvalue weighted by Gasteiger charge is 2.27. The zero-order valence-corrected chi connectivity index (χ0v) is 8.28. The first kappa shape index (κ1) is 11.0. The predicted octanol–water partition coefficient (Wildman–Crippen LogP) is 1.09. The minimum absolute atomic E-state index is 0.300. The SMILES string of the molecule is N#CCCCCN1CC(CC(=O)O)C1. The van der Waals surface area contributed by atoms with Crippen molar-refractivity contribution in [3.63, 3.8) is 0 Å². The van der Waals surface area contributed by atoms with Gasteiger partial charge in [-0.3, -0.25) is 4.79 Å². The Morgan fingerprint density at radius 1 is 1.50 bits per heavy atom. The maximum atomic E-state index is 10.4. The molecular weight excluding hydrogens is 180 g/mol. The lowest BCUT2D eigenvalue weighted by Crippen LogP contribution is -2.47. The molecule has 0 unspecified atom stereocenters. The van der Waals surface area contributed by atoms with Crippen LogP contribution in [0.15, 0.2) is 0 Å². The van der Waals surface area contributed by atoms with E-state index in [2.05, 4.69) is 11.0 Å². The van der Waals surface area contributed by atoms with Gasteiger partial charge in [-0.15, -0.1) is 0 Å². The number of hydrogen-bond acceptors (Lipinski definition) is 3. The summed E-state index contributed by atoms with van der Waals surface area (Å²) in [4.78, 5) is 12.6. The predicted molar refractivity (Wildman–Crippen MR) is 51.6 cm³/mol. The van der Waals surface area contributed by atoms with Gasteiger partial charge in [0.05, 0.1) is 12.5 Å². The quantitative estimate of drug-likeness (QED) is 0.646. The van der Waals surface area contributed by atoms with Crippen molar-refractivity contribution in [3.05, 3.63) is 0 Å². The molecule has 14 heavy (non-hydrogen) atoms. The van der Waals surface area contributed by atoms with Gasteiger partial charge in [0.25, 0.3) is 0 Å². The van der Waals surface area contributed by atoms with Crippen molar-refractivity contribution in [2.45, 2.75) is 25.7 Å². The van der Waals surface area contributed by atoms with Crippen LogP contribution in [0.25, 0.3) is 0 Å². The van der Waals surface area contributed by atoms with Gasteiger partial charge < -0.3 is 10.0 Å². The lowest BCUT2D eigenvalue weighted by atomic mass is 9.96. The molecule has 1 heterocycles. The van der Waals surface area contributed by atoms with Gasteiger partial charge in [-0.2, -0.15) is 5.26 Å². The summed E-state index contributed by atoms with van der Waals surface area (Å²) >= 11 is 0. The molecule has 0 radical (unpaired) electrons. The maximum Gasteiger partial charge on any atom is 0.303 e. The van der Waals surface area contributed by atoms with Crippen LogP contribution in [0, 0.1) is 17.2 Å². The standard InChI is InChI=1S/C10H16N2O2/c11-4-2-1-3-5-12-7-9(8-12)6-10(13)14/h9H,1-3,5-8H2,(H,13,14). The molecule has 4 nitrogen and oxygen atoms in total. The van der Waals surface area contributed by atoms with E-state index in [1.54, 1.807) is 0 Å². The van der Waals surface area contributed by atoms with E-state index in [1.165, 1.54) is 0 Å². The number of carboxylic acid groups (broad SMARTS) is 1. The highest BCUT2D eigenvalue weighted by Crippen LogP contribution is 2.19. The van der Waals surface area contributed by atoms with E-state index in [0.29, 0.717) is 18.8 Å². The summed E-state index contributed by atoms with van der Waals surface area (Å²) in [5.74, 6) is -0.345. The van der Waals surface area contributed by atoms with Crippen LogP contribution < -0.4 is 0 Å². The second-order valence-electron chi connectivity index (χ2n) is 3.84. The number of carboxylic acids is 1. The van der Waals surface area contributed by atoms with E-state index in [0.717, 1.165) is 32.5 Å². The van der Waals surface area contributed by atoms with E-state index in [4.69, 9.17) is 10.4 Å². The fourth-order valence-corrected chi connectivity index (χ4v) is 1.77. The molecule has 78 valence electrons. The van der Waals surface area contributed by atoms with Crippen molar-refractivity contribution in [2.75, 3.05) is 19.6 Å². The molecule has 1 aliphatic heterocycles. The monoisotopic (exact) mass is 196 g/mol. The highest BCUT2D eigenvalue weighted by atomic mass is 16.4. The van der Waals surface area contributed by atoms with Crippen molar-refractivity contribution < 1.29 is 9.90 Å². The van der Waals surface area contributed by atoms with Crippen LogP contribution in [0.4, 0.5) is 0 Å². The number of hydrogen-bond donors (Lipinski definition) is 1. The molecule has 1 aliphatic rings. The van der Waals surface area contributed by atoms with Crippen molar-refractivity contribution in [2.24, 2.45) is 5.92 Å². The molecule has 1 N–H and O–H groups in total. The Kier molecular flexibility index (Phi) is 4.41. The van der Waals surface area contributed by atoms with Crippen LogP contribution in [0.3, 0.4) is 0 Å². The van der Waals surface area contributed by atoms with Gasteiger partial charge in [0, 0.05) is 19.5 Å². The Balaban J connectivity index is 1.94. The highest BCUT2D eigenvalue weighted by molar-refractivity contribution is 5.67. The summed E-state index contributed by atoms with van der Waals surface area (Å²) in [6.45, 7) is 2.84.